The lowest BCUT2D eigenvalue weighted by molar-refractivity contribution is -0.159. The molecule has 104 valence electrons. The van der Waals surface area contributed by atoms with Crippen molar-refractivity contribution < 1.29 is 14.6 Å². The Morgan fingerprint density at radius 1 is 1.21 bits per heavy atom. The third-order valence-corrected chi connectivity index (χ3v) is 3.33. The predicted octanol–water partition coefficient (Wildman–Crippen LogP) is 3.12. The Morgan fingerprint density at radius 2 is 1.95 bits per heavy atom. The summed E-state index contributed by atoms with van der Waals surface area (Å²) < 4.78 is 11.3. The number of allylic oxidation sites excluding steroid dienone is 1. The molecular formula is C15H21NO3. The SMILES string of the molecule is CC.Oc1ccc(C2=CCC3(CC2)OCCO3)nc1. The molecule has 1 aromatic heterocycles. The van der Waals surface area contributed by atoms with Crippen molar-refractivity contribution in [1.82, 2.24) is 4.98 Å². The quantitative estimate of drug-likeness (QED) is 0.845. The summed E-state index contributed by atoms with van der Waals surface area (Å²) in [5.74, 6) is -0.176. The first-order valence-corrected chi connectivity index (χ1v) is 6.90. The second-order valence-corrected chi connectivity index (χ2v) is 4.44. The third kappa shape index (κ3) is 3.14. The second-order valence-electron chi connectivity index (χ2n) is 4.44. The molecule has 1 spiro atoms. The van der Waals surface area contributed by atoms with Gasteiger partial charge in [0, 0.05) is 12.8 Å². The average molecular weight is 263 g/mol. The zero-order chi connectivity index (χ0) is 13.7. The zero-order valence-electron chi connectivity index (χ0n) is 11.6. The summed E-state index contributed by atoms with van der Waals surface area (Å²) in [6.45, 7) is 5.39. The van der Waals surface area contributed by atoms with Gasteiger partial charge in [0.05, 0.1) is 25.1 Å². The van der Waals surface area contributed by atoms with Crippen LogP contribution in [0.3, 0.4) is 0 Å². The molecule has 1 fully saturated rings. The monoisotopic (exact) mass is 263 g/mol. The first-order valence-electron chi connectivity index (χ1n) is 6.90. The number of ether oxygens (including phenoxy) is 2. The maximum atomic E-state index is 9.20. The van der Waals surface area contributed by atoms with E-state index in [0.29, 0.717) is 13.2 Å². The number of hydrogen-bond donors (Lipinski definition) is 1. The Labute approximate surface area is 114 Å². The van der Waals surface area contributed by atoms with E-state index < -0.39 is 0 Å². The summed E-state index contributed by atoms with van der Waals surface area (Å²) in [5, 5.41) is 9.20. The van der Waals surface area contributed by atoms with Crippen molar-refractivity contribution in [1.29, 1.82) is 0 Å². The lowest BCUT2D eigenvalue weighted by Gasteiger charge is -2.30. The van der Waals surface area contributed by atoms with Gasteiger partial charge >= 0.3 is 0 Å². The average Bonchev–Trinajstić information content (AvgIpc) is 2.91. The highest BCUT2D eigenvalue weighted by Gasteiger charge is 2.37. The summed E-state index contributed by atoms with van der Waals surface area (Å²) in [6.07, 6.45) is 6.17. The molecule has 0 amide bonds. The van der Waals surface area contributed by atoms with Gasteiger partial charge in [-0.05, 0) is 24.1 Å². The molecule has 19 heavy (non-hydrogen) atoms. The molecule has 1 aromatic rings. The van der Waals surface area contributed by atoms with E-state index in [1.807, 2.05) is 19.9 Å². The van der Waals surface area contributed by atoms with Gasteiger partial charge in [-0.3, -0.25) is 4.98 Å². The van der Waals surface area contributed by atoms with Crippen molar-refractivity contribution in [2.24, 2.45) is 0 Å². The van der Waals surface area contributed by atoms with Crippen molar-refractivity contribution in [2.45, 2.75) is 38.9 Å². The van der Waals surface area contributed by atoms with Crippen LogP contribution in [0.5, 0.6) is 5.75 Å². The van der Waals surface area contributed by atoms with Crippen LogP contribution in [0, 0.1) is 0 Å². The minimum atomic E-state index is -0.375. The van der Waals surface area contributed by atoms with Gasteiger partial charge in [-0.15, -0.1) is 0 Å². The lowest BCUT2D eigenvalue weighted by atomic mass is 9.92. The number of nitrogens with zero attached hydrogens (tertiary/aromatic N) is 1. The van der Waals surface area contributed by atoms with Crippen LogP contribution >= 0.6 is 0 Å². The van der Waals surface area contributed by atoms with E-state index in [1.165, 1.54) is 11.8 Å². The minimum absolute atomic E-state index is 0.198. The highest BCUT2D eigenvalue weighted by molar-refractivity contribution is 5.63. The van der Waals surface area contributed by atoms with Crippen molar-refractivity contribution in [3.05, 3.63) is 30.1 Å². The van der Waals surface area contributed by atoms with Crippen molar-refractivity contribution in [2.75, 3.05) is 13.2 Å². The van der Waals surface area contributed by atoms with Crippen molar-refractivity contribution >= 4 is 5.57 Å². The van der Waals surface area contributed by atoms with Gasteiger partial charge in [0.2, 0.25) is 0 Å². The molecule has 1 N–H and O–H groups in total. The number of aromatic nitrogens is 1. The van der Waals surface area contributed by atoms with E-state index in [9.17, 15) is 5.11 Å². The van der Waals surface area contributed by atoms with Gasteiger partial charge in [0.1, 0.15) is 5.75 Å². The van der Waals surface area contributed by atoms with Gasteiger partial charge in [-0.2, -0.15) is 0 Å². The maximum absolute atomic E-state index is 9.20. The molecule has 1 aliphatic carbocycles. The Kier molecular flexibility index (Phi) is 4.56. The maximum Gasteiger partial charge on any atom is 0.172 e. The van der Waals surface area contributed by atoms with E-state index in [4.69, 9.17) is 9.47 Å². The summed E-state index contributed by atoms with van der Waals surface area (Å²) in [7, 11) is 0. The topological polar surface area (TPSA) is 51.6 Å². The van der Waals surface area contributed by atoms with Gasteiger partial charge in [-0.25, -0.2) is 0 Å². The van der Waals surface area contributed by atoms with E-state index in [2.05, 4.69) is 11.1 Å². The van der Waals surface area contributed by atoms with Gasteiger partial charge in [-0.1, -0.05) is 19.9 Å². The van der Waals surface area contributed by atoms with E-state index in [-0.39, 0.29) is 11.5 Å². The summed E-state index contributed by atoms with van der Waals surface area (Å²) in [4.78, 5) is 4.22. The van der Waals surface area contributed by atoms with Crippen LogP contribution in [0.2, 0.25) is 0 Å². The van der Waals surface area contributed by atoms with Crippen molar-refractivity contribution in [3.8, 4) is 5.75 Å². The number of rotatable bonds is 1. The number of aromatic hydroxyl groups is 1. The highest BCUT2D eigenvalue weighted by Crippen LogP contribution is 2.37. The Balaban J connectivity index is 0.000000637. The van der Waals surface area contributed by atoms with Crippen LogP contribution in [-0.4, -0.2) is 29.1 Å². The normalized spacial score (nSPS) is 20.6. The van der Waals surface area contributed by atoms with E-state index in [1.54, 1.807) is 6.07 Å². The Hall–Kier alpha value is -1.39. The smallest absolute Gasteiger partial charge is 0.172 e. The fraction of sp³-hybridized carbons (Fsp3) is 0.533. The predicted molar refractivity (Wildman–Crippen MR) is 73.7 cm³/mol. The Morgan fingerprint density at radius 3 is 2.47 bits per heavy atom. The summed E-state index contributed by atoms with van der Waals surface area (Å²) in [6, 6.07) is 3.51. The molecule has 0 atom stereocenters. The first kappa shape index (κ1) is 14.0. The molecule has 0 bridgehead atoms. The van der Waals surface area contributed by atoms with Crippen LogP contribution in [0.15, 0.2) is 24.4 Å². The van der Waals surface area contributed by atoms with Crippen molar-refractivity contribution in [3.63, 3.8) is 0 Å². The largest absolute Gasteiger partial charge is 0.506 e. The molecule has 3 rings (SSSR count). The van der Waals surface area contributed by atoms with E-state index >= 15 is 0 Å². The molecule has 0 aromatic carbocycles. The second kappa shape index (κ2) is 6.17. The fourth-order valence-electron chi connectivity index (χ4n) is 2.38. The van der Waals surface area contributed by atoms with Gasteiger partial charge < -0.3 is 14.6 Å². The molecule has 0 unspecified atom stereocenters. The summed E-state index contributed by atoms with van der Waals surface area (Å²) >= 11 is 0. The van der Waals surface area contributed by atoms with Gasteiger partial charge in [0.15, 0.2) is 5.79 Å². The van der Waals surface area contributed by atoms with Crippen LogP contribution in [0.4, 0.5) is 0 Å². The third-order valence-electron chi connectivity index (χ3n) is 3.33. The first-order chi connectivity index (χ1) is 9.27. The number of pyridine rings is 1. The molecule has 1 aliphatic heterocycles. The zero-order valence-corrected chi connectivity index (χ0v) is 11.6. The Bertz CT molecular complexity index is 433. The van der Waals surface area contributed by atoms with Crippen LogP contribution in [0.1, 0.15) is 38.8 Å². The standard InChI is InChI=1S/C13H15NO3.C2H6/c15-11-1-2-12(14-9-11)10-3-5-13(6-4-10)16-7-8-17-13;1-2/h1-3,9,15H,4-8H2;1-2H3. The fourth-order valence-corrected chi connectivity index (χ4v) is 2.38. The van der Waals surface area contributed by atoms with Crippen LogP contribution < -0.4 is 0 Å². The van der Waals surface area contributed by atoms with Crippen LogP contribution in [-0.2, 0) is 9.47 Å². The molecule has 2 aliphatic rings. The minimum Gasteiger partial charge on any atom is -0.506 e. The molecule has 4 heteroatoms. The summed E-state index contributed by atoms with van der Waals surface area (Å²) in [5.41, 5.74) is 2.13. The molecule has 0 radical (unpaired) electrons. The van der Waals surface area contributed by atoms with E-state index in [0.717, 1.165) is 25.0 Å². The number of hydrogen-bond acceptors (Lipinski definition) is 4. The highest BCUT2D eigenvalue weighted by atomic mass is 16.7. The van der Waals surface area contributed by atoms with Gasteiger partial charge in [0.25, 0.3) is 0 Å². The van der Waals surface area contributed by atoms with Crippen LogP contribution in [0.25, 0.3) is 5.57 Å². The molecule has 2 heterocycles. The molecule has 4 nitrogen and oxygen atoms in total. The molecular weight excluding hydrogens is 242 g/mol. The lowest BCUT2D eigenvalue weighted by Crippen LogP contribution is -2.31. The molecule has 0 saturated carbocycles. The molecule has 1 saturated heterocycles.